The van der Waals surface area contributed by atoms with Crippen molar-refractivity contribution in [2.45, 2.75) is 6.18 Å². The van der Waals surface area contributed by atoms with Crippen LogP contribution >= 0.6 is 0 Å². The van der Waals surface area contributed by atoms with Crippen LogP contribution in [0.4, 0.5) is 18.9 Å². The Balaban J connectivity index is 2.13. The second-order valence-corrected chi connectivity index (χ2v) is 4.35. The number of para-hydroxylation sites is 1. The van der Waals surface area contributed by atoms with E-state index in [0.717, 1.165) is 12.1 Å². The monoisotopic (exact) mass is 310 g/mol. The number of ether oxygens (including phenoxy) is 1. The first-order valence-electron chi connectivity index (χ1n) is 6.24. The van der Waals surface area contributed by atoms with Gasteiger partial charge in [-0.25, -0.2) is 0 Å². The van der Waals surface area contributed by atoms with E-state index in [0.29, 0.717) is 5.56 Å². The predicted molar refractivity (Wildman–Crippen MR) is 77.3 cm³/mol. The Morgan fingerprint density at radius 2 is 1.91 bits per heavy atom. The molecule has 0 aromatic heterocycles. The number of alkyl halides is 3. The summed E-state index contributed by atoms with van der Waals surface area (Å²) in [6.45, 7) is 0. The van der Waals surface area contributed by atoms with Crippen molar-refractivity contribution in [3.05, 3.63) is 53.6 Å². The number of hydrazone groups is 1. The summed E-state index contributed by atoms with van der Waals surface area (Å²) in [4.78, 5) is 0. The van der Waals surface area contributed by atoms with Gasteiger partial charge in [-0.15, -0.1) is 0 Å². The number of phenolic OH excluding ortho intramolecular Hbond substituents is 1. The fourth-order valence-electron chi connectivity index (χ4n) is 1.75. The van der Waals surface area contributed by atoms with Crippen LogP contribution in [0.15, 0.2) is 47.6 Å². The minimum atomic E-state index is -4.41. The Hall–Kier alpha value is -2.70. The second-order valence-electron chi connectivity index (χ2n) is 4.35. The summed E-state index contributed by atoms with van der Waals surface area (Å²) in [5.41, 5.74) is 2.28. The third kappa shape index (κ3) is 3.69. The Kier molecular flexibility index (Phi) is 4.55. The Labute approximate surface area is 124 Å². The van der Waals surface area contributed by atoms with Gasteiger partial charge in [0.1, 0.15) is 0 Å². The summed E-state index contributed by atoms with van der Waals surface area (Å²) < 4.78 is 42.7. The summed E-state index contributed by atoms with van der Waals surface area (Å²) >= 11 is 0. The number of halogens is 3. The minimum absolute atomic E-state index is 0.0976. The van der Waals surface area contributed by atoms with Crippen LogP contribution in [-0.2, 0) is 6.18 Å². The number of methoxy groups -OCH3 is 1. The molecule has 0 saturated carbocycles. The first kappa shape index (κ1) is 15.7. The summed E-state index contributed by atoms with van der Waals surface area (Å²) in [6, 6.07) is 9.49. The van der Waals surface area contributed by atoms with Crippen LogP contribution < -0.4 is 10.2 Å². The number of rotatable bonds is 4. The lowest BCUT2D eigenvalue weighted by Crippen LogP contribution is -2.05. The normalized spacial score (nSPS) is 11.6. The first-order chi connectivity index (χ1) is 10.4. The lowest BCUT2D eigenvalue weighted by molar-refractivity contribution is -0.137. The third-order valence-corrected chi connectivity index (χ3v) is 2.84. The Morgan fingerprint density at radius 1 is 1.18 bits per heavy atom. The minimum Gasteiger partial charge on any atom is -0.504 e. The van der Waals surface area contributed by atoms with Gasteiger partial charge in [0, 0.05) is 5.56 Å². The van der Waals surface area contributed by atoms with E-state index in [4.69, 9.17) is 4.74 Å². The van der Waals surface area contributed by atoms with Crippen molar-refractivity contribution in [1.82, 2.24) is 0 Å². The molecule has 116 valence electrons. The van der Waals surface area contributed by atoms with E-state index in [2.05, 4.69) is 10.5 Å². The highest BCUT2D eigenvalue weighted by molar-refractivity contribution is 5.85. The molecule has 0 amide bonds. The van der Waals surface area contributed by atoms with Crippen molar-refractivity contribution < 1.29 is 23.0 Å². The van der Waals surface area contributed by atoms with Crippen molar-refractivity contribution in [3.8, 4) is 11.5 Å². The van der Waals surface area contributed by atoms with Gasteiger partial charge in [-0.1, -0.05) is 12.1 Å². The Morgan fingerprint density at radius 3 is 2.59 bits per heavy atom. The molecule has 0 radical (unpaired) electrons. The topological polar surface area (TPSA) is 53.8 Å². The van der Waals surface area contributed by atoms with E-state index >= 15 is 0 Å². The molecule has 0 spiro atoms. The van der Waals surface area contributed by atoms with Crippen molar-refractivity contribution in [2.75, 3.05) is 12.5 Å². The molecule has 0 heterocycles. The summed E-state index contributed by atoms with van der Waals surface area (Å²) in [6.07, 6.45) is -3.12. The van der Waals surface area contributed by atoms with Gasteiger partial charge in [-0.05, 0) is 30.3 Å². The van der Waals surface area contributed by atoms with Crippen LogP contribution in [0.2, 0.25) is 0 Å². The number of anilines is 1. The number of nitrogens with one attached hydrogen (secondary N) is 1. The van der Waals surface area contributed by atoms with Gasteiger partial charge in [-0.2, -0.15) is 18.3 Å². The molecule has 0 fully saturated rings. The van der Waals surface area contributed by atoms with Crippen molar-refractivity contribution in [3.63, 3.8) is 0 Å². The van der Waals surface area contributed by atoms with Gasteiger partial charge < -0.3 is 9.84 Å². The average molecular weight is 310 g/mol. The highest BCUT2D eigenvalue weighted by atomic mass is 19.4. The van der Waals surface area contributed by atoms with Crippen LogP contribution in [-0.4, -0.2) is 18.4 Å². The van der Waals surface area contributed by atoms with Crippen molar-refractivity contribution in [2.24, 2.45) is 5.10 Å². The standard InChI is InChI=1S/C15H13F3N2O2/c1-22-13-7-2-4-10(14(13)21)9-19-20-12-6-3-5-11(8-12)15(16,17)18/h2-9,20-21H,1H3. The lowest BCUT2D eigenvalue weighted by atomic mass is 10.2. The molecule has 2 N–H and O–H groups in total. The molecule has 0 unspecified atom stereocenters. The van der Waals surface area contributed by atoms with E-state index in [9.17, 15) is 18.3 Å². The van der Waals surface area contributed by atoms with Crippen LogP contribution in [0.5, 0.6) is 11.5 Å². The molecule has 2 aromatic rings. The number of nitrogens with zero attached hydrogens (tertiary/aromatic N) is 1. The smallest absolute Gasteiger partial charge is 0.416 e. The van der Waals surface area contributed by atoms with E-state index in [-0.39, 0.29) is 17.2 Å². The van der Waals surface area contributed by atoms with Crippen LogP contribution in [0.3, 0.4) is 0 Å². The number of hydrogen-bond acceptors (Lipinski definition) is 4. The highest BCUT2D eigenvalue weighted by Gasteiger charge is 2.30. The molecule has 0 aliphatic heterocycles. The van der Waals surface area contributed by atoms with E-state index in [1.54, 1.807) is 18.2 Å². The third-order valence-electron chi connectivity index (χ3n) is 2.84. The van der Waals surface area contributed by atoms with E-state index < -0.39 is 11.7 Å². The van der Waals surface area contributed by atoms with Gasteiger partial charge in [0.15, 0.2) is 11.5 Å². The summed E-state index contributed by atoms with van der Waals surface area (Å²) in [5.74, 6) is 0.183. The number of phenols is 1. The number of aromatic hydroxyl groups is 1. The summed E-state index contributed by atoms with van der Waals surface area (Å²) in [7, 11) is 1.41. The van der Waals surface area contributed by atoms with Gasteiger partial charge in [0.25, 0.3) is 0 Å². The number of benzene rings is 2. The molecule has 0 bridgehead atoms. The second kappa shape index (κ2) is 6.38. The molecule has 0 atom stereocenters. The maximum Gasteiger partial charge on any atom is 0.416 e. The largest absolute Gasteiger partial charge is 0.504 e. The summed E-state index contributed by atoms with van der Waals surface area (Å²) in [5, 5.41) is 13.7. The fraction of sp³-hybridized carbons (Fsp3) is 0.133. The zero-order valence-corrected chi connectivity index (χ0v) is 11.6. The van der Waals surface area contributed by atoms with Gasteiger partial charge in [0.2, 0.25) is 0 Å². The molecule has 0 saturated heterocycles. The lowest BCUT2D eigenvalue weighted by Gasteiger charge is -2.08. The van der Waals surface area contributed by atoms with E-state index in [1.165, 1.54) is 25.5 Å². The van der Waals surface area contributed by atoms with Crippen molar-refractivity contribution in [1.29, 1.82) is 0 Å². The molecule has 0 aliphatic rings. The number of hydrogen-bond donors (Lipinski definition) is 2. The van der Waals surface area contributed by atoms with Gasteiger partial charge in [-0.3, -0.25) is 5.43 Å². The molecular weight excluding hydrogens is 297 g/mol. The molecule has 7 heteroatoms. The van der Waals surface area contributed by atoms with E-state index in [1.807, 2.05) is 0 Å². The van der Waals surface area contributed by atoms with Crippen LogP contribution in [0.25, 0.3) is 0 Å². The van der Waals surface area contributed by atoms with Gasteiger partial charge in [0.05, 0.1) is 24.6 Å². The van der Waals surface area contributed by atoms with Crippen LogP contribution in [0, 0.1) is 0 Å². The predicted octanol–water partition coefficient (Wildman–Crippen LogP) is 3.87. The Bertz CT molecular complexity index is 685. The SMILES string of the molecule is COc1cccc(C=NNc2cccc(C(F)(F)F)c2)c1O. The molecular formula is C15H13F3N2O2. The quantitative estimate of drug-likeness (QED) is 0.666. The zero-order chi connectivity index (χ0) is 16.2. The zero-order valence-electron chi connectivity index (χ0n) is 11.6. The maximum absolute atomic E-state index is 12.6. The van der Waals surface area contributed by atoms with Crippen LogP contribution in [0.1, 0.15) is 11.1 Å². The average Bonchev–Trinajstić information content (AvgIpc) is 2.48. The highest BCUT2D eigenvalue weighted by Crippen LogP contribution is 2.31. The molecule has 4 nitrogen and oxygen atoms in total. The first-order valence-corrected chi connectivity index (χ1v) is 6.24. The molecule has 2 rings (SSSR count). The van der Waals surface area contributed by atoms with Crippen molar-refractivity contribution >= 4 is 11.9 Å². The maximum atomic E-state index is 12.6. The molecule has 2 aromatic carbocycles. The molecule has 22 heavy (non-hydrogen) atoms. The fourth-order valence-corrected chi connectivity index (χ4v) is 1.75. The van der Waals surface area contributed by atoms with Gasteiger partial charge >= 0.3 is 6.18 Å². The molecule has 0 aliphatic carbocycles.